The van der Waals surface area contributed by atoms with E-state index < -0.39 is 0 Å². The van der Waals surface area contributed by atoms with Gasteiger partial charge in [-0.1, -0.05) is 23.2 Å². The van der Waals surface area contributed by atoms with Crippen molar-refractivity contribution < 1.29 is 4.74 Å². The number of rotatable bonds is 4. The summed E-state index contributed by atoms with van der Waals surface area (Å²) >= 11 is 17.8. The molecule has 0 bridgehead atoms. The molecule has 0 aliphatic carbocycles. The van der Waals surface area contributed by atoms with Gasteiger partial charge in [0.25, 0.3) is 0 Å². The van der Waals surface area contributed by atoms with Gasteiger partial charge in [0.05, 0.1) is 12.1 Å². The molecule has 6 heteroatoms. The van der Waals surface area contributed by atoms with E-state index in [-0.39, 0.29) is 0 Å². The third kappa shape index (κ3) is 3.69. The molecule has 0 spiro atoms. The van der Waals surface area contributed by atoms with Crippen molar-refractivity contribution in [3.8, 4) is 0 Å². The van der Waals surface area contributed by atoms with Crippen LogP contribution in [0.15, 0.2) is 0 Å². The van der Waals surface area contributed by atoms with Crippen LogP contribution < -0.4 is 0 Å². The second-order valence-corrected chi connectivity index (χ2v) is 5.10. The molecular formula is C8H9Cl2NOS2. The Labute approximate surface area is 102 Å². The number of hydrogen-bond acceptors (Lipinski definition) is 4. The van der Waals surface area contributed by atoms with Crippen molar-refractivity contribution in [2.75, 3.05) is 7.11 Å². The molecule has 0 aromatic carbocycles. The Kier molecular flexibility index (Phi) is 5.09. The summed E-state index contributed by atoms with van der Waals surface area (Å²) in [4.78, 5) is 4.10. The van der Waals surface area contributed by atoms with Crippen molar-refractivity contribution in [3.63, 3.8) is 0 Å². The Balaban J connectivity index is 2.35. The SMILES string of the molecule is COC(=S)CCCc1nc(Cl)c(Cl)s1. The molecule has 0 fully saturated rings. The molecule has 1 rings (SSSR count). The number of ether oxygens (including phenoxy) is 1. The van der Waals surface area contributed by atoms with Gasteiger partial charge in [-0.3, -0.25) is 0 Å². The van der Waals surface area contributed by atoms with Crippen LogP contribution in [0, 0.1) is 0 Å². The highest BCUT2D eigenvalue weighted by Gasteiger charge is 2.06. The fraction of sp³-hybridized carbons (Fsp3) is 0.500. The lowest BCUT2D eigenvalue weighted by atomic mass is 10.2. The van der Waals surface area contributed by atoms with Crippen molar-refractivity contribution in [1.29, 1.82) is 0 Å². The third-order valence-corrected chi connectivity index (χ3v) is 3.76. The Morgan fingerprint density at radius 3 is 2.79 bits per heavy atom. The summed E-state index contributed by atoms with van der Waals surface area (Å²) in [6.45, 7) is 0. The summed E-state index contributed by atoms with van der Waals surface area (Å²) in [5.41, 5.74) is 0. The van der Waals surface area contributed by atoms with E-state index in [2.05, 4.69) is 4.98 Å². The van der Waals surface area contributed by atoms with Gasteiger partial charge in [-0.15, -0.1) is 11.3 Å². The molecule has 0 aliphatic rings. The van der Waals surface area contributed by atoms with E-state index in [4.69, 9.17) is 40.2 Å². The quantitative estimate of drug-likeness (QED) is 0.778. The van der Waals surface area contributed by atoms with Crippen LogP contribution in [0.25, 0.3) is 0 Å². The van der Waals surface area contributed by atoms with E-state index in [0.717, 1.165) is 24.3 Å². The first kappa shape index (κ1) is 12.2. The zero-order chi connectivity index (χ0) is 10.6. The topological polar surface area (TPSA) is 22.1 Å². The molecule has 0 saturated heterocycles. The predicted octanol–water partition coefficient (Wildman–Crippen LogP) is 3.75. The van der Waals surface area contributed by atoms with Gasteiger partial charge in [0.15, 0.2) is 10.2 Å². The number of nitrogens with zero attached hydrogens (tertiary/aromatic N) is 1. The molecule has 1 aromatic heterocycles. The van der Waals surface area contributed by atoms with E-state index in [1.165, 1.54) is 11.3 Å². The first-order valence-corrected chi connectivity index (χ1v) is 5.99. The number of aryl methyl sites for hydroxylation is 1. The summed E-state index contributed by atoms with van der Waals surface area (Å²) in [5.74, 6) is 0. The summed E-state index contributed by atoms with van der Waals surface area (Å²) < 4.78 is 5.43. The van der Waals surface area contributed by atoms with Gasteiger partial charge in [-0.05, 0) is 25.1 Å². The molecule has 0 saturated carbocycles. The van der Waals surface area contributed by atoms with Gasteiger partial charge >= 0.3 is 0 Å². The van der Waals surface area contributed by atoms with E-state index in [9.17, 15) is 0 Å². The normalized spacial score (nSPS) is 10.2. The molecule has 78 valence electrons. The second kappa shape index (κ2) is 5.85. The maximum Gasteiger partial charge on any atom is 0.159 e. The Morgan fingerprint density at radius 1 is 1.57 bits per heavy atom. The molecule has 0 N–H and O–H groups in total. The predicted molar refractivity (Wildman–Crippen MR) is 64.7 cm³/mol. The average molecular weight is 270 g/mol. The Bertz CT molecular complexity index is 308. The lowest BCUT2D eigenvalue weighted by molar-refractivity contribution is 0.400. The molecule has 0 amide bonds. The minimum atomic E-state index is 0.390. The highest BCUT2D eigenvalue weighted by atomic mass is 35.5. The van der Waals surface area contributed by atoms with Crippen molar-refractivity contribution in [2.24, 2.45) is 0 Å². The molecule has 1 aromatic rings. The van der Waals surface area contributed by atoms with Crippen LogP contribution in [0.4, 0.5) is 0 Å². The standard InChI is InChI=1S/C8H9Cl2NOS2/c1-12-6(13)4-2-3-5-11-7(9)8(10)14-5/h2-4H2,1H3. The summed E-state index contributed by atoms with van der Waals surface area (Å²) in [7, 11) is 1.58. The smallest absolute Gasteiger partial charge is 0.159 e. The van der Waals surface area contributed by atoms with Crippen LogP contribution in [0.2, 0.25) is 9.49 Å². The molecule has 0 unspecified atom stereocenters. The number of aromatic nitrogens is 1. The second-order valence-electron chi connectivity index (χ2n) is 2.60. The van der Waals surface area contributed by atoms with Gasteiger partial charge in [0.2, 0.25) is 0 Å². The van der Waals surface area contributed by atoms with Crippen LogP contribution >= 0.6 is 46.8 Å². The number of thiocarbonyl (C=S) groups is 1. The number of hydrogen-bond donors (Lipinski definition) is 0. The largest absolute Gasteiger partial charge is 0.490 e. The zero-order valence-electron chi connectivity index (χ0n) is 7.55. The van der Waals surface area contributed by atoms with Crippen LogP contribution in [-0.4, -0.2) is 17.1 Å². The summed E-state index contributed by atoms with van der Waals surface area (Å²) in [6.07, 6.45) is 2.51. The van der Waals surface area contributed by atoms with Gasteiger partial charge < -0.3 is 4.74 Å². The molecule has 14 heavy (non-hydrogen) atoms. The van der Waals surface area contributed by atoms with Crippen LogP contribution in [0.5, 0.6) is 0 Å². The van der Waals surface area contributed by atoms with E-state index in [1.54, 1.807) is 7.11 Å². The average Bonchev–Trinajstić information content (AvgIpc) is 2.46. The van der Waals surface area contributed by atoms with Gasteiger partial charge in [-0.2, -0.15) is 0 Å². The van der Waals surface area contributed by atoms with Crippen LogP contribution in [0.3, 0.4) is 0 Å². The minimum absolute atomic E-state index is 0.390. The van der Waals surface area contributed by atoms with E-state index in [0.29, 0.717) is 14.5 Å². The van der Waals surface area contributed by atoms with Crippen molar-refractivity contribution >= 4 is 51.8 Å². The lowest BCUT2D eigenvalue weighted by Gasteiger charge is -1.99. The maximum atomic E-state index is 5.77. The first-order valence-electron chi connectivity index (χ1n) is 4.01. The van der Waals surface area contributed by atoms with Crippen molar-refractivity contribution in [2.45, 2.75) is 19.3 Å². The molecular weight excluding hydrogens is 261 g/mol. The summed E-state index contributed by atoms with van der Waals surface area (Å²) in [6, 6.07) is 0. The molecule has 2 nitrogen and oxygen atoms in total. The summed E-state index contributed by atoms with van der Waals surface area (Å²) in [5, 5.41) is 1.96. The molecule has 0 aliphatic heterocycles. The monoisotopic (exact) mass is 269 g/mol. The van der Waals surface area contributed by atoms with Gasteiger partial charge in [0, 0.05) is 6.42 Å². The molecule has 1 heterocycles. The number of halogens is 2. The zero-order valence-corrected chi connectivity index (χ0v) is 10.7. The van der Waals surface area contributed by atoms with E-state index >= 15 is 0 Å². The Hall–Kier alpha value is 0.1000. The maximum absolute atomic E-state index is 5.77. The van der Waals surface area contributed by atoms with Crippen molar-refractivity contribution in [1.82, 2.24) is 4.98 Å². The lowest BCUT2D eigenvalue weighted by Crippen LogP contribution is -1.97. The molecule has 0 atom stereocenters. The van der Waals surface area contributed by atoms with Crippen molar-refractivity contribution in [3.05, 3.63) is 14.5 Å². The van der Waals surface area contributed by atoms with Gasteiger partial charge in [0.1, 0.15) is 4.34 Å². The minimum Gasteiger partial charge on any atom is -0.490 e. The first-order chi connectivity index (χ1) is 6.63. The number of thiazole rings is 1. The third-order valence-electron chi connectivity index (χ3n) is 1.59. The highest BCUT2D eigenvalue weighted by Crippen LogP contribution is 2.28. The Morgan fingerprint density at radius 2 is 2.29 bits per heavy atom. The highest BCUT2D eigenvalue weighted by molar-refractivity contribution is 7.80. The van der Waals surface area contributed by atoms with E-state index in [1.807, 2.05) is 0 Å². The molecule has 0 radical (unpaired) electrons. The fourth-order valence-corrected chi connectivity index (χ4v) is 2.36. The van der Waals surface area contributed by atoms with Gasteiger partial charge in [-0.25, -0.2) is 4.98 Å². The van der Waals surface area contributed by atoms with Crippen LogP contribution in [0.1, 0.15) is 17.8 Å². The fourth-order valence-electron chi connectivity index (χ4n) is 0.915. The van der Waals surface area contributed by atoms with Crippen LogP contribution in [-0.2, 0) is 11.2 Å². The number of methoxy groups -OCH3 is 1.